The number of hydrogen-bond acceptors (Lipinski definition) is 31. The maximum absolute atomic E-state index is 14.1. The normalized spacial score (nSPS) is 38.6. The predicted octanol–water partition coefficient (Wildman–Crippen LogP) is -1.16. The van der Waals surface area contributed by atoms with Crippen molar-refractivity contribution in [3.05, 3.63) is 83.0 Å². The average molecular weight is 1670 g/mol. The molecule has 35 nitrogen and oxygen atoms in total. The van der Waals surface area contributed by atoms with E-state index >= 15 is 0 Å². The second-order valence-electron chi connectivity index (χ2n) is 33.6. The number of carbonyl (C=O) groups is 14. The highest BCUT2D eigenvalue weighted by molar-refractivity contribution is 6.20. The summed E-state index contributed by atoms with van der Waals surface area (Å²) in [6, 6.07) is 7.48. The van der Waals surface area contributed by atoms with Gasteiger partial charge in [0.1, 0.15) is 42.0 Å². The number of amides is 8. The number of carbonyl (C=O) groups excluding carboxylic acids is 14. The van der Waals surface area contributed by atoms with E-state index < -0.39 is 217 Å². The van der Waals surface area contributed by atoms with Gasteiger partial charge >= 0.3 is 0 Å². The third-order valence-electron chi connectivity index (χ3n) is 26.8. The lowest BCUT2D eigenvalue weighted by molar-refractivity contribution is -0.278. The lowest BCUT2D eigenvalue weighted by atomic mass is 9.52. The minimum atomic E-state index is -2.23. The molecule has 2 aromatic carbocycles. The van der Waals surface area contributed by atoms with Crippen LogP contribution in [0.1, 0.15) is 158 Å². The average Bonchev–Trinajstić information content (AvgIpc) is 0.973. The summed E-state index contributed by atoms with van der Waals surface area (Å²) >= 11 is 0. The van der Waals surface area contributed by atoms with E-state index in [1.807, 2.05) is 0 Å². The van der Waals surface area contributed by atoms with Gasteiger partial charge in [-0.25, -0.2) is 4.90 Å². The number of nitrogens with one attached hydrogen (secondary N) is 1. The number of aliphatic hydroxyl groups excluding tert-OH is 8. The Balaban J connectivity index is 0.000000176. The van der Waals surface area contributed by atoms with Gasteiger partial charge in [-0.2, -0.15) is 0 Å². The van der Waals surface area contributed by atoms with Gasteiger partial charge in [0, 0.05) is 117 Å². The molecule has 118 heavy (non-hydrogen) atoms. The molecule has 9 fully saturated rings. The van der Waals surface area contributed by atoms with E-state index in [1.54, 1.807) is 19.9 Å². The minimum Gasteiger partial charge on any atom is -0.496 e. The highest BCUT2D eigenvalue weighted by Gasteiger charge is 2.67. The topological polar surface area (TPSA) is 544 Å². The molecule has 13 N–H and O–H groups in total. The Morgan fingerprint density at radius 1 is 0.508 bits per heavy atom. The van der Waals surface area contributed by atoms with Crippen LogP contribution in [-0.2, 0) is 66.9 Å². The molecule has 5 aliphatic heterocycles. The van der Waals surface area contributed by atoms with E-state index in [2.05, 4.69) is 5.32 Å². The van der Waals surface area contributed by atoms with Gasteiger partial charge < -0.3 is 90.5 Å². The number of imide groups is 5. The molecule has 0 aromatic heterocycles. The molecule has 20 unspecified atom stereocenters. The van der Waals surface area contributed by atoms with Crippen molar-refractivity contribution in [3.8, 4) is 11.5 Å². The van der Waals surface area contributed by atoms with Gasteiger partial charge in [0.2, 0.25) is 23.6 Å². The van der Waals surface area contributed by atoms with Crippen LogP contribution in [0.25, 0.3) is 0 Å². The van der Waals surface area contributed by atoms with Crippen LogP contribution in [0.3, 0.4) is 0 Å². The van der Waals surface area contributed by atoms with E-state index in [4.69, 9.17) is 34.2 Å². The van der Waals surface area contributed by atoms with E-state index in [-0.39, 0.29) is 150 Å². The molecule has 15 rings (SSSR count). The monoisotopic (exact) mass is 1670 g/mol. The van der Waals surface area contributed by atoms with E-state index in [9.17, 15) is 118 Å². The zero-order valence-electron chi connectivity index (χ0n) is 65.4. The van der Waals surface area contributed by atoms with Crippen molar-refractivity contribution in [2.24, 2.45) is 76.7 Å². The Labute approximate surface area is 683 Å². The van der Waals surface area contributed by atoms with Crippen molar-refractivity contribution in [3.63, 3.8) is 0 Å². The Hall–Kier alpha value is -8.21. The number of methoxy groups -OCH3 is 2. The van der Waals surface area contributed by atoms with Crippen LogP contribution in [0.4, 0.5) is 0 Å². The van der Waals surface area contributed by atoms with Crippen LogP contribution in [0.2, 0.25) is 0 Å². The summed E-state index contributed by atoms with van der Waals surface area (Å²) in [6.45, 7) is 1.85. The molecule has 8 amide bonds. The summed E-state index contributed by atoms with van der Waals surface area (Å²) in [5.74, 6) is -16.8. The van der Waals surface area contributed by atoms with Crippen molar-refractivity contribution in [1.82, 2.24) is 20.0 Å². The number of aliphatic hydroxyl groups is 10. The number of nitrogens with zero attached hydrogens (tertiary/aromatic N) is 3. The third-order valence-corrected chi connectivity index (χ3v) is 26.8. The maximum Gasteiger partial charge on any atom is 0.253 e. The Bertz CT molecular complexity index is 4300. The number of nitrogens with two attached hydrogens (primary N) is 1. The fourth-order valence-corrected chi connectivity index (χ4v) is 20.6. The van der Waals surface area contributed by atoms with Gasteiger partial charge in [0.15, 0.2) is 47.3 Å². The van der Waals surface area contributed by atoms with Gasteiger partial charge in [-0.3, -0.25) is 76.9 Å². The molecule has 5 heterocycles. The molecule has 8 aliphatic carbocycles. The number of fused-ring (bicyclic) bond motifs is 6. The largest absolute Gasteiger partial charge is 0.496 e. The summed E-state index contributed by atoms with van der Waals surface area (Å²) < 4.78 is 35.0. The van der Waals surface area contributed by atoms with E-state index in [0.29, 0.717) is 57.9 Å². The van der Waals surface area contributed by atoms with E-state index in [1.165, 1.54) is 78.7 Å². The number of ketones is 6. The lowest BCUT2D eigenvalue weighted by Crippen LogP contribution is -2.67. The van der Waals surface area contributed by atoms with Crippen LogP contribution in [0.5, 0.6) is 11.5 Å². The first-order valence-corrected chi connectivity index (χ1v) is 40.0. The fraction of sp³-hybridized carbons (Fsp3) is 0.634. The highest BCUT2D eigenvalue weighted by Crippen LogP contribution is 2.56. The van der Waals surface area contributed by atoms with Gasteiger partial charge in [-0.1, -0.05) is 24.3 Å². The van der Waals surface area contributed by atoms with Crippen LogP contribution >= 0.6 is 12.4 Å². The molecule has 642 valence electrons. The van der Waals surface area contributed by atoms with E-state index in [0.717, 1.165) is 4.90 Å². The van der Waals surface area contributed by atoms with Crippen molar-refractivity contribution in [1.29, 1.82) is 0 Å². The number of Topliss-reactive ketones (excluding diaryl/α,β-unsaturated/α-hetero) is 6. The fourth-order valence-electron chi connectivity index (χ4n) is 20.6. The first-order valence-electron chi connectivity index (χ1n) is 40.0. The zero-order valence-corrected chi connectivity index (χ0v) is 66.2. The number of likely N-dealkylation sites (tertiary alicyclic amines) is 1. The molecule has 0 radical (unpaired) electrons. The lowest BCUT2D eigenvalue weighted by Gasteiger charge is -2.56. The summed E-state index contributed by atoms with van der Waals surface area (Å²) in [5, 5.41) is 113. The predicted molar refractivity (Wildman–Crippen MR) is 403 cm³/mol. The first kappa shape index (κ1) is 89.1. The Morgan fingerprint density at radius 2 is 0.890 bits per heavy atom. The van der Waals surface area contributed by atoms with Gasteiger partial charge in [-0.05, 0) is 114 Å². The molecular weight excluding hydrogens is 1570 g/mol. The Morgan fingerprint density at radius 3 is 1.28 bits per heavy atom. The number of hydrogen-bond donors (Lipinski definition) is 12. The van der Waals surface area contributed by atoms with Crippen LogP contribution in [0, 0.1) is 71.0 Å². The van der Waals surface area contributed by atoms with Crippen molar-refractivity contribution >= 4 is 94.4 Å². The molecule has 2 aromatic rings. The SMILES string of the molecule is COc1cccc2c1C(=O)C1C(O)C3C(C[C@@](O)(C(=O)CO)C[C@@H]3OC3CC(N)C(O)C(C)O3)C(O)C1C2=O.COc1cccc2c1C(=O)C1C(O)C3C(C[C@@](O)(C(=O)CO)C[C@@H]3OC3CC(NC(=O)C4CCC(CN5C(=O)C=CC5=O)CC4)C(O)C(C)O3)C(O)C1C2=O.Cl.O=C1C=CC(=O)N1CC1CCC(C(=O)N2C(=O)CCC2=O)CC1. The quantitative estimate of drug-likeness (QED) is 0.0831. The van der Waals surface area contributed by atoms with Crippen molar-refractivity contribution < 1.29 is 147 Å². The molecule has 36 heteroatoms. The van der Waals surface area contributed by atoms with Gasteiger partial charge in [-0.15, -0.1) is 12.4 Å². The molecule has 0 bridgehead atoms. The Kier molecular flexibility index (Phi) is 27.1. The van der Waals surface area contributed by atoms with Crippen molar-refractivity contribution in [2.75, 3.05) is 40.5 Å². The maximum atomic E-state index is 14.1. The summed E-state index contributed by atoms with van der Waals surface area (Å²) in [5.41, 5.74) is 1.78. The summed E-state index contributed by atoms with van der Waals surface area (Å²) in [7, 11) is 2.70. The molecular formula is C82H102ClN5O30. The number of halogens is 1. The minimum absolute atomic E-state index is 0. The van der Waals surface area contributed by atoms with Crippen LogP contribution in [0.15, 0.2) is 60.7 Å². The molecule has 6 saturated carbocycles. The molecule has 24 atom stereocenters. The zero-order chi connectivity index (χ0) is 84.5. The molecule has 3 saturated heterocycles. The van der Waals surface area contributed by atoms with Crippen LogP contribution in [-0.4, -0.2) is 285 Å². The smallest absolute Gasteiger partial charge is 0.253 e. The summed E-state index contributed by atoms with van der Waals surface area (Å²) in [4.78, 5) is 180. The second kappa shape index (κ2) is 35.8. The number of ether oxygens (including phenoxy) is 6. The molecule has 0 spiro atoms. The number of benzene rings is 2. The summed E-state index contributed by atoms with van der Waals surface area (Å²) in [6.07, 6.45) is -5.89. The van der Waals surface area contributed by atoms with Gasteiger partial charge in [0.25, 0.3) is 23.6 Å². The second-order valence-corrected chi connectivity index (χ2v) is 33.6. The van der Waals surface area contributed by atoms with Gasteiger partial charge in [0.05, 0.1) is 110 Å². The standard InChI is InChI=1S/C39H48N2O14.C27H35NO11.C16H18N2O5.ClH/c1-17-33(46)22(40-38(51)19-8-6-18(7-9-19)15-41-26(44)10-11-27(41)45)12-28(54-17)55-24-14-39(52,25(43)16-42)13-21-30(24)37(50)32-31(35(21)48)34(47)20-4-3-5-23(53-2)29(20)36(32)49;1-10-22(31)13(28)6-17(38-10)39-15-8-27(36,16(30)9-29)7-12-19(15)26(35)21-20(24(12)33)23(32)11-4-3-5-14(37-2)18(11)25(21)34;19-12-5-6-13(20)17(12)9-10-1-3-11(4-2-10)16(23)18-14(21)7-8-15(18)22;/h3-5,10-11,17-19,21-22,24,28,30-33,35,37,42,46,48,50,52H,6-9,12-16H2,1-2H3,(H,40,51);3-5,10,12-13,15,17,19-22,24,26,29,31,33,35-36H,6-9,28H2,1-2H3;5-6,10-11H,1-4,7-9H2;1H/t17?,18?,19?,21?,22?,24-,28?,30?,31?,32?,33?,35?,37?,39-;10?,12?,13?,15-,17?,19?,20?,21?,22?,24?,26?,27-;;/m00../s1. The first-order chi connectivity index (χ1) is 55.6. The van der Waals surface area contributed by atoms with Crippen LogP contribution < -0.4 is 20.5 Å². The third kappa shape index (κ3) is 16.8. The number of rotatable bonds is 17. The van der Waals surface area contributed by atoms with Crippen molar-refractivity contribution in [2.45, 2.75) is 213 Å². The highest BCUT2D eigenvalue weighted by atomic mass is 35.5. The molecule has 13 aliphatic rings.